The summed E-state index contributed by atoms with van der Waals surface area (Å²) < 4.78 is 0. The largest absolute Gasteiger partial charge is 0.386 e. The van der Waals surface area contributed by atoms with Crippen molar-refractivity contribution in [2.24, 2.45) is 0 Å². The number of rotatable bonds is 5. The molecule has 2 aromatic rings. The molecule has 0 amide bonds. The van der Waals surface area contributed by atoms with Crippen LogP contribution in [0.25, 0.3) is 0 Å². The highest BCUT2D eigenvalue weighted by molar-refractivity contribution is 7.10. The average Bonchev–Trinajstić information content (AvgIpc) is 2.84. The Morgan fingerprint density at radius 1 is 1.12 bits per heavy atom. The second-order valence-electron chi connectivity index (χ2n) is 3.65. The SMILES string of the molecule is O[C@H](CNCc1ccccc1)c1cccs1. The molecule has 0 bridgehead atoms. The summed E-state index contributed by atoms with van der Waals surface area (Å²) in [6, 6.07) is 14.1. The van der Waals surface area contributed by atoms with Crippen molar-refractivity contribution in [2.75, 3.05) is 6.54 Å². The van der Waals surface area contributed by atoms with Crippen LogP contribution in [0.5, 0.6) is 0 Å². The van der Waals surface area contributed by atoms with Gasteiger partial charge in [-0.1, -0.05) is 36.4 Å². The molecule has 0 aliphatic heterocycles. The van der Waals surface area contributed by atoms with Gasteiger partial charge < -0.3 is 10.4 Å². The lowest BCUT2D eigenvalue weighted by atomic mass is 10.2. The monoisotopic (exact) mass is 233 g/mol. The minimum Gasteiger partial charge on any atom is -0.386 e. The minimum atomic E-state index is -0.399. The van der Waals surface area contributed by atoms with Crippen molar-refractivity contribution in [1.82, 2.24) is 5.32 Å². The Kier molecular flexibility index (Phi) is 4.10. The molecule has 0 fully saturated rings. The molecule has 0 saturated heterocycles. The quantitative estimate of drug-likeness (QED) is 0.832. The van der Waals surface area contributed by atoms with Gasteiger partial charge >= 0.3 is 0 Å². The molecule has 3 heteroatoms. The van der Waals surface area contributed by atoms with E-state index in [9.17, 15) is 5.11 Å². The second-order valence-corrected chi connectivity index (χ2v) is 4.63. The van der Waals surface area contributed by atoms with Gasteiger partial charge in [-0.05, 0) is 17.0 Å². The lowest BCUT2D eigenvalue weighted by Gasteiger charge is -2.09. The van der Waals surface area contributed by atoms with Crippen LogP contribution in [0.15, 0.2) is 47.8 Å². The van der Waals surface area contributed by atoms with Crippen molar-refractivity contribution in [3.8, 4) is 0 Å². The molecule has 0 radical (unpaired) electrons. The first-order valence-corrected chi connectivity index (χ1v) is 6.20. The number of thiophene rings is 1. The van der Waals surface area contributed by atoms with E-state index in [0.717, 1.165) is 11.4 Å². The van der Waals surface area contributed by atoms with E-state index in [-0.39, 0.29) is 0 Å². The fourth-order valence-corrected chi connectivity index (χ4v) is 2.24. The van der Waals surface area contributed by atoms with Gasteiger partial charge in [-0.2, -0.15) is 0 Å². The number of aliphatic hydroxyl groups is 1. The molecule has 1 atom stereocenters. The van der Waals surface area contributed by atoms with Crippen LogP contribution in [0, 0.1) is 0 Å². The van der Waals surface area contributed by atoms with Gasteiger partial charge in [0.15, 0.2) is 0 Å². The lowest BCUT2D eigenvalue weighted by Crippen LogP contribution is -2.20. The number of hydrogen-bond acceptors (Lipinski definition) is 3. The molecule has 1 aromatic carbocycles. The molecular formula is C13H15NOS. The maximum atomic E-state index is 9.84. The predicted octanol–water partition coefficient (Wildman–Crippen LogP) is 2.57. The van der Waals surface area contributed by atoms with Gasteiger partial charge in [0.05, 0.1) is 0 Å². The normalized spacial score (nSPS) is 12.6. The number of hydrogen-bond donors (Lipinski definition) is 2. The van der Waals surface area contributed by atoms with Crippen LogP contribution in [0.3, 0.4) is 0 Å². The first kappa shape index (κ1) is 11.3. The van der Waals surface area contributed by atoms with Crippen LogP contribution < -0.4 is 5.32 Å². The van der Waals surface area contributed by atoms with E-state index in [1.165, 1.54) is 5.56 Å². The average molecular weight is 233 g/mol. The van der Waals surface area contributed by atoms with Crippen molar-refractivity contribution in [1.29, 1.82) is 0 Å². The van der Waals surface area contributed by atoms with Gasteiger partial charge in [0.25, 0.3) is 0 Å². The van der Waals surface area contributed by atoms with Gasteiger partial charge in [0, 0.05) is 18.0 Å². The van der Waals surface area contributed by atoms with Crippen LogP contribution in [0.1, 0.15) is 16.5 Å². The van der Waals surface area contributed by atoms with E-state index in [1.807, 2.05) is 35.7 Å². The molecule has 0 unspecified atom stereocenters. The van der Waals surface area contributed by atoms with Gasteiger partial charge in [-0.25, -0.2) is 0 Å². The van der Waals surface area contributed by atoms with Crippen LogP contribution in [0.4, 0.5) is 0 Å². The molecule has 2 rings (SSSR count). The Hall–Kier alpha value is -1.16. The van der Waals surface area contributed by atoms with Crippen LogP contribution in [-0.2, 0) is 6.54 Å². The molecule has 84 valence electrons. The topological polar surface area (TPSA) is 32.3 Å². The van der Waals surface area contributed by atoms with Gasteiger partial charge in [0.1, 0.15) is 6.10 Å². The first-order valence-electron chi connectivity index (χ1n) is 5.32. The summed E-state index contributed by atoms with van der Waals surface area (Å²) in [5.74, 6) is 0. The van der Waals surface area contributed by atoms with Crippen molar-refractivity contribution in [3.63, 3.8) is 0 Å². The Bertz CT molecular complexity index is 399. The zero-order valence-electron chi connectivity index (χ0n) is 8.97. The molecule has 1 aromatic heterocycles. The Morgan fingerprint density at radius 2 is 1.94 bits per heavy atom. The zero-order chi connectivity index (χ0) is 11.2. The lowest BCUT2D eigenvalue weighted by molar-refractivity contribution is 0.178. The summed E-state index contributed by atoms with van der Waals surface area (Å²) in [5.41, 5.74) is 1.24. The fourth-order valence-electron chi connectivity index (χ4n) is 1.53. The summed E-state index contributed by atoms with van der Waals surface area (Å²) in [7, 11) is 0. The standard InChI is InChI=1S/C13H15NOS/c15-12(13-7-4-8-16-13)10-14-9-11-5-2-1-3-6-11/h1-8,12,14-15H,9-10H2/t12-/m1/s1. The third-order valence-corrected chi connectivity index (χ3v) is 3.35. The zero-order valence-corrected chi connectivity index (χ0v) is 9.78. The molecule has 0 aliphatic carbocycles. The van der Waals surface area contributed by atoms with Crippen LogP contribution >= 0.6 is 11.3 Å². The maximum Gasteiger partial charge on any atom is 0.101 e. The summed E-state index contributed by atoms with van der Waals surface area (Å²) >= 11 is 1.59. The molecule has 0 aliphatic rings. The van der Waals surface area contributed by atoms with Crippen LogP contribution in [-0.4, -0.2) is 11.7 Å². The Morgan fingerprint density at radius 3 is 2.62 bits per heavy atom. The third kappa shape index (κ3) is 3.17. The summed E-state index contributed by atoms with van der Waals surface area (Å²) in [6.07, 6.45) is -0.399. The minimum absolute atomic E-state index is 0.399. The fraction of sp³-hybridized carbons (Fsp3) is 0.231. The van der Waals surface area contributed by atoms with Gasteiger partial charge in [0.2, 0.25) is 0 Å². The van der Waals surface area contributed by atoms with Gasteiger partial charge in [-0.3, -0.25) is 0 Å². The molecule has 0 spiro atoms. The number of benzene rings is 1. The number of nitrogens with one attached hydrogen (secondary N) is 1. The third-order valence-electron chi connectivity index (χ3n) is 2.38. The maximum absolute atomic E-state index is 9.84. The molecule has 0 saturated carbocycles. The van der Waals surface area contributed by atoms with Gasteiger partial charge in [-0.15, -0.1) is 11.3 Å². The molecule has 1 heterocycles. The Balaban J connectivity index is 1.76. The highest BCUT2D eigenvalue weighted by Crippen LogP contribution is 2.17. The van der Waals surface area contributed by atoms with E-state index in [1.54, 1.807) is 11.3 Å². The molecular weight excluding hydrogens is 218 g/mol. The smallest absolute Gasteiger partial charge is 0.101 e. The molecule has 2 N–H and O–H groups in total. The van der Waals surface area contributed by atoms with Crippen molar-refractivity contribution in [2.45, 2.75) is 12.6 Å². The summed E-state index contributed by atoms with van der Waals surface area (Å²) in [6.45, 7) is 1.39. The molecule has 16 heavy (non-hydrogen) atoms. The summed E-state index contributed by atoms with van der Waals surface area (Å²) in [4.78, 5) is 1.01. The first-order chi connectivity index (χ1) is 7.86. The van der Waals surface area contributed by atoms with E-state index < -0.39 is 6.10 Å². The molecule has 2 nitrogen and oxygen atoms in total. The van der Waals surface area contributed by atoms with Crippen molar-refractivity contribution < 1.29 is 5.11 Å². The van der Waals surface area contributed by atoms with Crippen molar-refractivity contribution >= 4 is 11.3 Å². The van der Waals surface area contributed by atoms with E-state index in [0.29, 0.717) is 6.54 Å². The Labute approximate surface area is 99.6 Å². The highest BCUT2D eigenvalue weighted by Gasteiger charge is 2.06. The van der Waals surface area contributed by atoms with E-state index in [4.69, 9.17) is 0 Å². The van der Waals surface area contributed by atoms with E-state index >= 15 is 0 Å². The summed E-state index contributed by atoms with van der Waals surface area (Å²) in [5, 5.41) is 15.1. The van der Waals surface area contributed by atoms with Crippen LogP contribution in [0.2, 0.25) is 0 Å². The second kappa shape index (κ2) is 5.80. The predicted molar refractivity (Wildman–Crippen MR) is 67.4 cm³/mol. The van der Waals surface area contributed by atoms with E-state index in [2.05, 4.69) is 17.4 Å². The number of aliphatic hydroxyl groups excluding tert-OH is 1. The highest BCUT2D eigenvalue weighted by atomic mass is 32.1. The van der Waals surface area contributed by atoms with Crippen molar-refractivity contribution in [3.05, 3.63) is 58.3 Å².